The van der Waals surface area contributed by atoms with Crippen LogP contribution in [0.2, 0.25) is 0 Å². The fourth-order valence-corrected chi connectivity index (χ4v) is 2.75. The number of rotatable bonds is 9. The van der Waals surface area contributed by atoms with Crippen LogP contribution in [0.15, 0.2) is 64.5 Å². The second kappa shape index (κ2) is 10.9. The van der Waals surface area contributed by atoms with Crippen molar-refractivity contribution >= 4 is 12.2 Å². The fraction of sp³-hybridized carbons (Fsp3) is 0.174. The Labute approximate surface area is 179 Å². The molecule has 8 heteroatoms. The Kier molecular flexibility index (Phi) is 7.51. The van der Waals surface area contributed by atoms with Gasteiger partial charge in [-0.2, -0.15) is 15.6 Å². The van der Waals surface area contributed by atoms with Crippen molar-refractivity contribution in [3.8, 4) is 29.1 Å². The van der Waals surface area contributed by atoms with E-state index in [1.807, 2.05) is 48.5 Å². The monoisotopic (exact) mass is 412 g/mol. The Morgan fingerprint density at radius 3 is 2.58 bits per heavy atom. The van der Waals surface area contributed by atoms with Crippen molar-refractivity contribution in [3.63, 3.8) is 0 Å². The number of nitrogens with zero attached hydrogens (tertiary/aromatic N) is 4. The Hall–Kier alpha value is -4.43. The molecule has 0 unspecified atom stereocenters. The molecule has 2 aromatic carbocycles. The molecule has 3 rings (SSSR count). The first kappa shape index (κ1) is 21.3. The Morgan fingerprint density at radius 1 is 1.10 bits per heavy atom. The quantitative estimate of drug-likeness (QED) is 0.312. The molecule has 8 nitrogen and oxygen atoms in total. The summed E-state index contributed by atoms with van der Waals surface area (Å²) in [6, 6.07) is 20.4. The largest absolute Gasteiger partial charge is 0.494 e. The average Bonchev–Trinajstić information content (AvgIpc) is 2.80. The summed E-state index contributed by atoms with van der Waals surface area (Å²) in [5.41, 5.74) is 3.89. The molecule has 0 radical (unpaired) electrons. The number of ether oxygens (including phenoxy) is 1. The molecule has 154 valence electrons. The summed E-state index contributed by atoms with van der Waals surface area (Å²) in [4.78, 5) is 19.1. The van der Waals surface area contributed by atoms with Gasteiger partial charge in [0.05, 0.1) is 24.6 Å². The van der Waals surface area contributed by atoms with Gasteiger partial charge in [-0.15, -0.1) is 0 Å². The van der Waals surface area contributed by atoms with E-state index in [0.29, 0.717) is 24.3 Å². The van der Waals surface area contributed by atoms with E-state index in [0.717, 1.165) is 24.2 Å². The van der Waals surface area contributed by atoms with Crippen LogP contribution in [0, 0.1) is 22.7 Å². The fourth-order valence-electron chi connectivity index (χ4n) is 2.75. The van der Waals surface area contributed by atoms with Crippen LogP contribution in [-0.4, -0.2) is 22.8 Å². The first-order valence-corrected chi connectivity index (χ1v) is 9.70. The van der Waals surface area contributed by atoms with E-state index in [9.17, 15) is 10.1 Å². The molecule has 0 atom stereocenters. The Morgan fingerprint density at radius 2 is 1.87 bits per heavy atom. The standard InChI is InChI=1S/C23H20N6O2/c24-13-5-2-6-14-31-19-11-9-17(10-12-19)16-26-29-23-27-21(18-7-3-1-4-8-18)20(15-25)22(30)28-23/h1,3-4,7-12,16H,2,5-6,14H2,(H2,27,28,29,30). The van der Waals surface area contributed by atoms with Crippen molar-refractivity contribution in [2.45, 2.75) is 19.3 Å². The predicted molar refractivity (Wildman–Crippen MR) is 118 cm³/mol. The zero-order chi connectivity index (χ0) is 21.9. The van der Waals surface area contributed by atoms with Gasteiger partial charge < -0.3 is 4.74 Å². The summed E-state index contributed by atoms with van der Waals surface area (Å²) in [5.74, 6) is 0.879. The highest BCUT2D eigenvalue weighted by Crippen LogP contribution is 2.19. The number of hydrogen-bond acceptors (Lipinski definition) is 7. The number of nitriles is 2. The number of unbranched alkanes of at least 4 members (excludes halogenated alkanes) is 2. The minimum Gasteiger partial charge on any atom is -0.494 e. The predicted octanol–water partition coefficient (Wildman–Crippen LogP) is 3.83. The van der Waals surface area contributed by atoms with Crippen molar-refractivity contribution in [2.24, 2.45) is 5.10 Å². The average molecular weight is 412 g/mol. The van der Waals surface area contributed by atoms with E-state index in [4.69, 9.17) is 10.00 Å². The molecule has 0 aliphatic rings. The molecule has 3 aromatic rings. The van der Waals surface area contributed by atoms with Crippen molar-refractivity contribution in [1.29, 1.82) is 10.5 Å². The van der Waals surface area contributed by atoms with Gasteiger partial charge >= 0.3 is 0 Å². The van der Waals surface area contributed by atoms with Crippen LogP contribution in [0.5, 0.6) is 5.75 Å². The second-order valence-electron chi connectivity index (χ2n) is 6.52. The number of nitrogens with one attached hydrogen (secondary N) is 2. The molecule has 31 heavy (non-hydrogen) atoms. The molecule has 0 fully saturated rings. The van der Waals surface area contributed by atoms with Gasteiger partial charge in [0.15, 0.2) is 0 Å². The van der Waals surface area contributed by atoms with Crippen LogP contribution >= 0.6 is 0 Å². The highest BCUT2D eigenvalue weighted by atomic mass is 16.5. The maximum Gasteiger partial charge on any atom is 0.270 e. The molecule has 0 amide bonds. The molecule has 2 N–H and O–H groups in total. The first-order chi connectivity index (χ1) is 15.2. The van der Waals surface area contributed by atoms with Crippen LogP contribution in [-0.2, 0) is 0 Å². The van der Waals surface area contributed by atoms with Crippen LogP contribution in [0.3, 0.4) is 0 Å². The molecule has 0 aliphatic carbocycles. The van der Waals surface area contributed by atoms with Crippen molar-refractivity contribution in [3.05, 3.63) is 76.1 Å². The number of aromatic amines is 1. The Bertz CT molecular complexity index is 1170. The lowest BCUT2D eigenvalue weighted by Crippen LogP contribution is -2.16. The van der Waals surface area contributed by atoms with Gasteiger partial charge in [0, 0.05) is 12.0 Å². The van der Waals surface area contributed by atoms with Crippen LogP contribution in [0.4, 0.5) is 5.95 Å². The van der Waals surface area contributed by atoms with Crippen molar-refractivity contribution in [2.75, 3.05) is 12.0 Å². The lowest BCUT2D eigenvalue weighted by molar-refractivity contribution is 0.307. The highest BCUT2D eigenvalue weighted by molar-refractivity contribution is 5.80. The van der Waals surface area contributed by atoms with Gasteiger partial charge in [-0.1, -0.05) is 30.3 Å². The number of benzene rings is 2. The third kappa shape index (κ3) is 6.02. The molecular formula is C23H20N6O2. The minimum absolute atomic E-state index is 0.0519. The number of anilines is 1. The van der Waals surface area contributed by atoms with E-state index in [-0.39, 0.29) is 11.5 Å². The van der Waals surface area contributed by atoms with E-state index < -0.39 is 5.56 Å². The van der Waals surface area contributed by atoms with Gasteiger partial charge in [0.25, 0.3) is 5.56 Å². The van der Waals surface area contributed by atoms with E-state index in [2.05, 4.69) is 26.6 Å². The molecule has 0 aliphatic heterocycles. The number of hydrazone groups is 1. The third-order valence-electron chi connectivity index (χ3n) is 4.29. The summed E-state index contributed by atoms with van der Waals surface area (Å²) < 4.78 is 5.63. The van der Waals surface area contributed by atoms with Crippen LogP contribution in [0.1, 0.15) is 30.4 Å². The topological polar surface area (TPSA) is 127 Å². The smallest absolute Gasteiger partial charge is 0.270 e. The van der Waals surface area contributed by atoms with E-state index in [1.165, 1.54) is 0 Å². The summed E-state index contributed by atoms with van der Waals surface area (Å²) in [6.07, 6.45) is 3.78. The third-order valence-corrected chi connectivity index (χ3v) is 4.29. The summed E-state index contributed by atoms with van der Waals surface area (Å²) in [6.45, 7) is 0.568. The van der Waals surface area contributed by atoms with Crippen molar-refractivity contribution < 1.29 is 4.74 Å². The van der Waals surface area contributed by atoms with Gasteiger partial charge in [-0.3, -0.25) is 9.78 Å². The molecule has 0 saturated carbocycles. The lowest BCUT2D eigenvalue weighted by atomic mass is 10.1. The Balaban J connectivity index is 1.65. The minimum atomic E-state index is -0.537. The molecule has 0 bridgehead atoms. The van der Waals surface area contributed by atoms with Gasteiger partial charge in [-0.05, 0) is 42.7 Å². The SMILES string of the molecule is N#CCCCCOc1ccc(C=NNc2nc(-c3ccccc3)c(C#N)c(=O)[nH]2)cc1. The van der Waals surface area contributed by atoms with E-state index >= 15 is 0 Å². The van der Waals surface area contributed by atoms with Gasteiger partial charge in [-0.25, -0.2) is 10.4 Å². The van der Waals surface area contributed by atoms with Crippen LogP contribution in [0.25, 0.3) is 11.3 Å². The highest BCUT2D eigenvalue weighted by Gasteiger charge is 2.12. The number of aromatic nitrogens is 2. The molecule has 1 aromatic heterocycles. The summed E-state index contributed by atoms with van der Waals surface area (Å²) >= 11 is 0. The molecule has 0 spiro atoms. The zero-order valence-electron chi connectivity index (χ0n) is 16.7. The maximum atomic E-state index is 12.2. The second-order valence-corrected chi connectivity index (χ2v) is 6.52. The maximum absolute atomic E-state index is 12.2. The van der Waals surface area contributed by atoms with Gasteiger partial charge in [0.2, 0.25) is 5.95 Å². The molecule has 1 heterocycles. The first-order valence-electron chi connectivity index (χ1n) is 9.70. The van der Waals surface area contributed by atoms with E-state index in [1.54, 1.807) is 18.3 Å². The number of hydrogen-bond donors (Lipinski definition) is 2. The number of H-pyrrole nitrogens is 1. The summed E-state index contributed by atoms with van der Waals surface area (Å²) in [5, 5.41) is 21.9. The normalized spacial score (nSPS) is 10.4. The lowest BCUT2D eigenvalue weighted by Gasteiger charge is -2.06. The summed E-state index contributed by atoms with van der Waals surface area (Å²) in [7, 11) is 0. The zero-order valence-corrected chi connectivity index (χ0v) is 16.7. The molecule has 0 saturated heterocycles. The van der Waals surface area contributed by atoms with Crippen molar-refractivity contribution in [1.82, 2.24) is 9.97 Å². The molecular weight excluding hydrogens is 392 g/mol. The van der Waals surface area contributed by atoms with Crippen LogP contribution < -0.4 is 15.7 Å². The van der Waals surface area contributed by atoms with Gasteiger partial charge in [0.1, 0.15) is 17.4 Å².